The third kappa shape index (κ3) is 3.90. The van der Waals surface area contributed by atoms with Gasteiger partial charge in [0.25, 0.3) is 0 Å². The van der Waals surface area contributed by atoms with E-state index in [1.54, 1.807) is 0 Å². The van der Waals surface area contributed by atoms with E-state index in [9.17, 15) is 4.79 Å². The predicted molar refractivity (Wildman–Crippen MR) is 95.2 cm³/mol. The van der Waals surface area contributed by atoms with Crippen molar-refractivity contribution in [2.75, 3.05) is 11.6 Å². The summed E-state index contributed by atoms with van der Waals surface area (Å²) < 4.78 is 1.52. The largest absolute Gasteiger partial charge is 0.349 e. The summed E-state index contributed by atoms with van der Waals surface area (Å²) in [6.07, 6.45) is 3.09. The minimum atomic E-state index is -0.0246. The van der Waals surface area contributed by atoms with Crippen molar-refractivity contribution in [2.45, 2.75) is 50.2 Å². The lowest BCUT2D eigenvalue weighted by Crippen LogP contribution is -2.29. The summed E-state index contributed by atoms with van der Waals surface area (Å²) in [5.41, 5.74) is 2.34. The number of hydrogen-bond acceptors (Lipinski definition) is 5. The summed E-state index contributed by atoms with van der Waals surface area (Å²) in [7, 11) is 0. The summed E-state index contributed by atoms with van der Waals surface area (Å²) >= 11 is 1.32. The van der Waals surface area contributed by atoms with Crippen molar-refractivity contribution >= 4 is 17.7 Å². The molecule has 0 saturated heterocycles. The Morgan fingerprint density at radius 1 is 1.38 bits per heavy atom. The SMILES string of the molecule is CC[C@@H](NC(=O)CSc1nnc(C2CC2)n1N)c1ccc(C)cc1. The standard InChI is InChI=1S/C17H23N5OS/c1-3-14(12-6-4-11(2)5-7-12)19-15(23)10-24-17-21-20-16(22(17)18)13-8-9-13/h4-7,13-14H,3,8-10,18H2,1-2H3,(H,19,23)/t14-/m1/s1. The molecule has 1 aromatic carbocycles. The molecule has 1 atom stereocenters. The van der Waals surface area contributed by atoms with E-state index in [1.165, 1.54) is 22.0 Å². The maximum Gasteiger partial charge on any atom is 0.230 e. The second kappa shape index (κ2) is 7.25. The van der Waals surface area contributed by atoms with Gasteiger partial charge in [0.1, 0.15) is 0 Å². The minimum absolute atomic E-state index is 0.0245. The zero-order chi connectivity index (χ0) is 17.1. The van der Waals surface area contributed by atoms with Crippen molar-refractivity contribution in [3.05, 3.63) is 41.2 Å². The topological polar surface area (TPSA) is 85.8 Å². The van der Waals surface area contributed by atoms with E-state index in [0.29, 0.717) is 11.1 Å². The molecular formula is C17H23N5OS. The summed E-state index contributed by atoms with van der Waals surface area (Å²) in [5, 5.41) is 11.9. The van der Waals surface area contributed by atoms with Crippen molar-refractivity contribution in [1.29, 1.82) is 0 Å². The highest BCUT2D eigenvalue weighted by atomic mass is 32.2. The third-order valence-electron chi connectivity index (χ3n) is 4.19. The van der Waals surface area contributed by atoms with Crippen molar-refractivity contribution in [1.82, 2.24) is 20.2 Å². The molecule has 1 fully saturated rings. The minimum Gasteiger partial charge on any atom is -0.349 e. The van der Waals surface area contributed by atoms with Gasteiger partial charge in [-0.15, -0.1) is 10.2 Å². The molecule has 3 rings (SSSR count). The first-order chi connectivity index (χ1) is 11.6. The average molecular weight is 345 g/mol. The number of rotatable bonds is 7. The van der Waals surface area contributed by atoms with Crippen LogP contribution < -0.4 is 11.2 Å². The van der Waals surface area contributed by atoms with Crippen molar-refractivity contribution in [3.8, 4) is 0 Å². The Kier molecular flexibility index (Phi) is 5.08. The second-order valence-electron chi connectivity index (χ2n) is 6.21. The van der Waals surface area contributed by atoms with Crippen LogP contribution in [0.4, 0.5) is 0 Å². The van der Waals surface area contributed by atoms with Gasteiger partial charge >= 0.3 is 0 Å². The normalized spacial score (nSPS) is 15.2. The number of nitrogens with two attached hydrogens (primary N) is 1. The van der Waals surface area contributed by atoms with E-state index in [4.69, 9.17) is 5.84 Å². The second-order valence-corrected chi connectivity index (χ2v) is 7.16. The molecule has 1 saturated carbocycles. The number of aryl methyl sites for hydroxylation is 1. The van der Waals surface area contributed by atoms with Gasteiger partial charge in [0.05, 0.1) is 11.8 Å². The number of amides is 1. The molecule has 0 radical (unpaired) electrons. The van der Waals surface area contributed by atoms with E-state index in [1.807, 2.05) is 0 Å². The van der Waals surface area contributed by atoms with Gasteiger partial charge in [-0.2, -0.15) is 0 Å². The Labute approximate surface area is 146 Å². The lowest BCUT2D eigenvalue weighted by atomic mass is 10.0. The number of carbonyl (C=O) groups is 1. The van der Waals surface area contributed by atoms with Gasteiger partial charge in [0.15, 0.2) is 5.82 Å². The van der Waals surface area contributed by atoms with E-state index in [0.717, 1.165) is 30.7 Å². The van der Waals surface area contributed by atoms with Crippen LogP contribution in [-0.2, 0) is 4.79 Å². The summed E-state index contributed by atoms with van der Waals surface area (Å²) in [4.78, 5) is 12.3. The number of carbonyl (C=O) groups excluding carboxylic acids is 1. The van der Waals surface area contributed by atoms with Crippen LogP contribution in [-0.4, -0.2) is 26.5 Å². The fourth-order valence-electron chi connectivity index (χ4n) is 2.59. The molecule has 1 aliphatic rings. The Hall–Kier alpha value is -2.02. The van der Waals surface area contributed by atoms with Gasteiger partial charge in [0.2, 0.25) is 11.1 Å². The lowest BCUT2D eigenvalue weighted by molar-refractivity contribution is -0.119. The molecule has 0 spiro atoms. The van der Waals surface area contributed by atoms with Gasteiger partial charge in [-0.1, -0.05) is 48.5 Å². The molecule has 128 valence electrons. The molecule has 1 heterocycles. The Balaban J connectivity index is 1.55. The molecule has 0 aliphatic heterocycles. The quantitative estimate of drug-likeness (QED) is 0.595. The predicted octanol–water partition coefficient (Wildman–Crippen LogP) is 2.54. The number of nitrogen functional groups attached to an aromatic ring is 1. The highest BCUT2D eigenvalue weighted by molar-refractivity contribution is 7.99. The van der Waals surface area contributed by atoms with Crippen LogP contribution in [0.2, 0.25) is 0 Å². The smallest absolute Gasteiger partial charge is 0.230 e. The molecule has 1 aromatic heterocycles. The van der Waals surface area contributed by atoms with Crippen LogP contribution in [0, 0.1) is 6.92 Å². The number of aromatic nitrogens is 3. The molecule has 2 aromatic rings. The first kappa shape index (κ1) is 16.8. The van der Waals surface area contributed by atoms with E-state index in [2.05, 4.69) is 53.6 Å². The zero-order valence-electron chi connectivity index (χ0n) is 14.0. The van der Waals surface area contributed by atoms with Gasteiger partial charge in [-0.25, -0.2) is 4.68 Å². The molecule has 1 aliphatic carbocycles. The van der Waals surface area contributed by atoms with E-state index >= 15 is 0 Å². The Bertz CT molecular complexity index is 708. The molecule has 3 N–H and O–H groups in total. The van der Waals surface area contributed by atoms with Gasteiger partial charge in [-0.3, -0.25) is 4.79 Å². The lowest BCUT2D eigenvalue weighted by Gasteiger charge is -2.17. The summed E-state index contributed by atoms with van der Waals surface area (Å²) in [5.74, 6) is 7.52. The number of nitrogens with one attached hydrogen (secondary N) is 1. The number of benzene rings is 1. The number of thioether (sulfide) groups is 1. The molecule has 7 heteroatoms. The molecule has 1 amide bonds. The first-order valence-corrected chi connectivity index (χ1v) is 9.26. The fraction of sp³-hybridized carbons (Fsp3) is 0.471. The van der Waals surface area contributed by atoms with Gasteiger partial charge < -0.3 is 11.2 Å². The molecular weight excluding hydrogens is 322 g/mol. The Morgan fingerprint density at radius 3 is 2.71 bits per heavy atom. The van der Waals surface area contributed by atoms with Gasteiger partial charge in [0, 0.05) is 5.92 Å². The summed E-state index contributed by atoms with van der Waals surface area (Å²) in [6, 6.07) is 8.28. The van der Waals surface area contributed by atoms with E-state index < -0.39 is 0 Å². The summed E-state index contributed by atoms with van der Waals surface area (Å²) in [6.45, 7) is 4.12. The first-order valence-electron chi connectivity index (χ1n) is 8.27. The number of nitrogens with zero attached hydrogens (tertiary/aromatic N) is 3. The van der Waals surface area contributed by atoms with Crippen molar-refractivity contribution in [3.63, 3.8) is 0 Å². The monoisotopic (exact) mass is 345 g/mol. The molecule has 24 heavy (non-hydrogen) atoms. The third-order valence-corrected chi connectivity index (χ3v) is 5.13. The Morgan fingerprint density at radius 2 is 2.08 bits per heavy atom. The van der Waals surface area contributed by atoms with Crippen LogP contribution >= 0.6 is 11.8 Å². The average Bonchev–Trinajstić information content (AvgIpc) is 3.35. The molecule has 0 unspecified atom stereocenters. The van der Waals surface area contributed by atoms with Crippen molar-refractivity contribution in [2.24, 2.45) is 0 Å². The van der Waals surface area contributed by atoms with Crippen molar-refractivity contribution < 1.29 is 4.79 Å². The zero-order valence-corrected chi connectivity index (χ0v) is 14.8. The molecule has 0 bridgehead atoms. The van der Waals surface area contributed by atoms with E-state index in [-0.39, 0.29) is 17.7 Å². The highest BCUT2D eigenvalue weighted by Gasteiger charge is 2.30. The van der Waals surface area contributed by atoms with Crippen LogP contribution in [0.25, 0.3) is 0 Å². The van der Waals surface area contributed by atoms with Gasteiger partial charge in [-0.05, 0) is 31.7 Å². The fourth-order valence-corrected chi connectivity index (χ4v) is 3.27. The van der Waals surface area contributed by atoms with Crippen LogP contribution in [0.3, 0.4) is 0 Å². The molecule has 6 nitrogen and oxygen atoms in total. The maximum absolute atomic E-state index is 12.3. The number of hydrogen-bond donors (Lipinski definition) is 2. The maximum atomic E-state index is 12.3. The van der Waals surface area contributed by atoms with Crippen LogP contribution in [0.5, 0.6) is 0 Å². The van der Waals surface area contributed by atoms with Crippen LogP contribution in [0.15, 0.2) is 29.4 Å². The highest BCUT2D eigenvalue weighted by Crippen LogP contribution is 2.39. The van der Waals surface area contributed by atoms with Crippen LogP contribution in [0.1, 0.15) is 55.1 Å².